The Bertz CT molecular complexity index is 834. The second-order valence-electron chi connectivity index (χ2n) is 5.32. The Hall–Kier alpha value is -2.80. The van der Waals surface area contributed by atoms with Gasteiger partial charge in [0.15, 0.2) is 0 Å². The number of nitrogens with two attached hydrogens (primary N) is 1. The van der Waals surface area contributed by atoms with Crippen molar-refractivity contribution in [3.8, 4) is 5.75 Å². The number of nitrogens with zero attached hydrogens (tertiary/aromatic N) is 2. The van der Waals surface area contributed by atoms with E-state index in [0.29, 0.717) is 23.0 Å². The number of carbonyl (C=O) groups excluding carboxylic acids is 2. The van der Waals surface area contributed by atoms with Crippen LogP contribution >= 0.6 is 11.8 Å². The number of ether oxygens (including phenoxy) is 1. The fourth-order valence-electron chi connectivity index (χ4n) is 2.36. The molecule has 1 aromatic carbocycles. The van der Waals surface area contributed by atoms with Crippen molar-refractivity contribution in [1.82, 2.24) is 9.88 Å². The summed E-state index contributed by atoms with van der Waals surface area (Å²) in [7, 11) is 0. The third-order valence-electron chi connectivity index (χ3n) is 3.51. The van der Waals surface area contributed by atoms with Crippen LogP contribution in [0.2, 0.25) is 0 Å². The fraction of sp³-hybridized carbons (Fsp3) is 0.167. The second-order valence-corrected chi connectivity index (χ2v) is 6.32. The van der Waals surface area contributed by atoms with Crippen molar-refractivity contribution in [2.75, 3.05) is 12.3 Å². The highest BCUT2D eigenvalue weighted by molar-refractivity contribution is 8.18. The molecular formula is C18H17N3O3S. The van der Waals surface area contributed by atoms with Gasteiger partial charge in [0.25, 0.3) is 11.1 Å². The Morgan fingerprint density at radius 1 is 1.20 bits per heavy atom. The van der Waals surface area contributed by atoms with Crippen LogP contribution in [0.15, 0.2) is 47.4 Å². The second kappa shape index (κ2) is 7.40. The van der Waals surface area contributed by atoms with E-state index in [2.05, 4.69) is 4.98 Å². The van der Waals surface area contributed by atoms with Gasteiger partial charge in [0.1, 0.15) is 11.6 Å². The molecule has 2 heterocycles. The average molecular weight is 355 g/mol. The summed E-state index contributed by atoms with van der Waals surface area (Å²) in [4.78, 5) is 30.4. The molecule has 1 fully saturated rings. The zero-order chi connectivity index (χ0) is 17.8. The Labute approximate surface area is 149 Å². The predicted molar refractivity (Wildman–Crippen MR) is 97.8 cm³/mol. The first-order chi connectivity index (χ1) is 12.1. The van der Waals surface area contributed by atoms with Crippen molar-refractivity contribution in [3.05, 3.63) is 58.6 Å². The molecule has 0 unspecified atom stereocenters. The van der Waals surface area contributed by atoms with Gasteiger partial charge in [-0.05, 0) is 54.6 Å². The maximum atomic E-state index is 12.5. The minimum Gasteiger partial charge on any atom is -0.494 e. The zero-order valence-corrected chi connectivity index (χ0v) is 14.5. The van der Waals surface area contributed by atoms with Crippen molar-refractivity contribution < 1.29 is 14.3 Å². The molecule has 0 aliphatic carbocycles. The Morgan fingerprint density at radius 3 is 2.64 bits per heavy atom. The first kappa shape index (κ1) is 17.0. The molecule has 0 saturated carbocycles. The summed E-state index contributed by atoms with van der Waals surface area (Å²) in [6.07, 6.45) is 1.70. The molecule has 3 rings (SSSR count). The summed E-state index contributed by atoms with van der Waals surface area (Å²) in [5.74, 6) is 0.794. The molecule has 0 atom stereocenters. The number of aromatic nitrogens is 1. The number of benzene rings is 1. The summed E-state index contributed by atoms with van der Waals surface area (Å²) in [6, 6.07) is 12.5. The van der Waals surface area contributed by atoms with Gasteiger partial charge in [-0.1, -0.05) is 18.2 Å². The van der Waals surface area contributed by atoms with Crippen LogP contribution in [0.3, 0.4) is 0 Å². The minimum absolute atomic E-state index is 0.107. The van der Waals surface area contributed by atoms with Crippen LogP contribution in [0.4, 0.5) is 10.6 Å². The number of imide groups is 1. The maximum absolute atomic E-state index is 12.5. The number of thioether (sulfide) groups is 1. The van der Waals surface area contributed by atoms with Gasteiger partial charge in [0.2, 0.25) is 0 Å². The number of pyridine rings is 1. The van der Waals surface area contributed by atoms with Crippen LogP contribution in [0, 0.1) is 0 Å². The molecule has 2 aromatic rings. The monoisotopic (exact) mass is 355 g/mol. The topological polar surface area (TPSA) is 85.5 Å². The van der Waals surface area contributed by atoms with Gasteiger partial charge in [-0.25, -0.2) is 4.98 Å². The number of hydrogen-bond acceptors (Lipinski definition) is 6. The number of anilines is 1. The average Bonchev–Trinajstić information content (AvgIpc) is 2.84. The van der Waals surface area contributed by atoms with Crippen LogP contribution in [-0.4, -0.2) is 27.6 Å². The lowest BCUT2D eigenvalue weighted by atomic mass is 10.2. The van der Waals surface area contributed by atoms with Gasteiger partial charge in [-0.15, -0.1) is 0 Å². The summed E-state index contributed by atoms with van der Waals surface area (Å²) in [5, 5.41) is -0.314. The van der Waals surface area contributed by atoms with E-state index in [-0.39, 0.29) is 17.7 Å². The summed E-state index contributed by atoms with van der Waals surface area (Å²) in [6.45, 7) is 2.62. The summed E-state index contributed by atoms with van der Waals surface area (Å²) >= 11 is 0.923. The summed E-state index contributed by atoms with van der Waals surface area (Å²) in [5.41, 5.74) is 7.04. The van der Waals surface area contributed by atoms with Crippen LogP contribution in [0.1, 0.15) is 18.2 Å². The number of rotatable bonds is 5. The van der Waals surface area contributed by atoms with Crippen LogP contribution in [-0.2, 0) is 11.3 Å². The third kappa shape index (κ3) is 4.00. The molecule has 0 spiro atoms. The maximum Gasteiger partial charge on any atom is 0.293 e. The van der Waals surface area contributed by atoms with Gasteiger partial charge in [-0.3, -0.25) is 14.5 Å². The molecule has 7 heteroatoms. The van der Waals surface area contributed by atoms with Gasteiger partial charge in [-0.2, -0.15) is 0 Å². The van der Waals surface area contributed by atoms with E-state index in [1.807, 2.05) is 31.2 Å². The fourth-order valence-corrected chi connectivity index (χ4v) is 3.20. The Morgan fingerprint density at radius 2 is 1.96 bits per heavy atom. The van der Waals surface area contributed by atoms with Crippen LogP contribution in [0.5, 0.6) is 5.75 Å². The molecule has 2 amide bonds. The standard InChI is InChI=1S/C18H17N3O3S/c1-2-24-14-8-6-12(7-9-14)10-15-17(22)21(18(23)25-15)11-13-4-3-5-16(19)20-13/h3-10H,2,11H2,1H3,(H2,19,20)/b15-10+. The SMILES string of the molecule is CCOc1ccc(/C=C2/SC(=O)N(Cc3cccc(N)n3)C2=O)cc1. The quantitative estimate of drug-likeness (QED) is 0.828. The third-order valence-corrected chi connectivity index (χ3v) is 4.42. The molecule has 1 saturated heterocycles. The smallest absolute Gasteiger partial charge is 0.293 e. The lowest BCUT2D eigenvalue weighted by Crippen LogP contribution is -2.28. The van der Waals surface area contributed by atoms with Gasteiger partial charge in [0, 0.05) is 0 Å². The lowest BCUT2D eigenvalue weighted by molar-refractivity contribution is -0.123. The molecule has 0 bridgehead atoms. The number of carbonyl (C=O) groups is 2. The molecule has 1 aromatic heterocycles. The van der Waals surface area contributed by atoms with E-state index >= 15 is 0 Å². The molecule has 6 nitrogen and oxygen atoms in total. The van der Waals surface area contributed by atoms with Crippen molar-refractivity contribution >= 4 is 34.8 Å². The van der Waals surface area contributed by atoms with E-state index in [9.17, 15) is 9.59 Å². The molecule has 2 N–H and O–H groups in total. The van der Waals surface area contributed by atoms with Crippen molar-refractivity contribution in [3.63, 3.8) is 0 Å². The van der Waals surface area contributed by atoms with Gasteiger partial charge >= 0.3 is 0 Å². The van der Waals surface area contributed by atoms with Gasteiger partial charge < -0.3 is 10.5 Å². The lowest BCUT2D eigenvalue weighted by Gasteiger charge is -2.11. The van der Waals surface area contributed by atoms with E-state index < -0.39 is 0 Å². The number of nitrogen functional groups attached to an aromatic ring is 1. The van der Waals surface area contributed by atoms with Crippen LogP contribution < -0.4 is 10.5 Å². The largest absolute Gasteiger partial charge is 0.494 e. The molecular weight excluding hydrogens is 338 g/mol. The Kier molecular flexibility index (Phi) is 5.04. The minimum atomic E-state index is -0.326. The van der Waals surface area contributed by atoms with Crippen molar-refractivity contribution in [2.24, 2.45) is 0 Å². The van der Waals surface area contributed by atoms with Crippen molar-refractivity contribution in [2.45, 2.75) is 13.5 Å². The van der Waals surface area contributed by atoms with Crippen molar-refractivity contribution in [1.29, 1.82) is 0 Å². The summed E-state index contributed by atoms with van der Waals surface area (Å²) < 4.78 is 5.39. The molecule has 25 heavy (non-hydrogen) atoms. The highest BCUT2D eigenvalue weighted by atomic mass is 32.2. The van der Waals surface area contributed by atoms with Crippen LogP contribution in [0.25, 0.3) is 6.08 Å². The van der Waals surface area contributed by atoms with E-state index in [1.54, 1.807) is 24.3 Å². The van der Waals surface area contributed by atoms with E-state index in [4.69, 9.17) is 10.5 Å². The highest BCUT2D eigenvalue weighted by Crippen LogP contribution is 2.33. The first-order valence-corrected chi connectivity index (χ1v) is 8.58. The predicted octanol–water partition coefficient (Wildman–Crippen LogP) is 3.30. The van der Waals surface area contributed by atoms with Gasteiger partial charge in [0.05, 0.1) is 23.8 Å². The molecule has 1 aliphatic heterocycles. The van der Waals surface area contributed by atoms with E-state index in [0.717, 1.165) is 23.1 Å². The molecule has 128 valence electrons. The zero-order valence-electron chi connectivity index (χ0n) is 13.6. The molecule has 0 radical (unpaired) electrons. The first-order valence-electron chi connectivity index (χ1n) is 7.76. The molecule has 1 aliphatic rings. The normalized spacial score (nSPS) is 15.9. The number of hydrogen-bond donors (Lipinski definition) is 1. The Balaban J connectivity index is 1.76. The van der Waals surface area contributed by atoms with E-state index in [1.165, 1.54) is 4.90 Å². The highest BCUT2D eigenvalue weighted by Gasteiger charge is 2.35. The number of amides is 2.